The van der Waals surface area contributed by atoms with Crippen molar-refractivity contribution in [1.29, 1.82) is 0 Å². The highest BCUT2D eigenvalue weighted by Gasteiger charge is 2.14. The number of amides is 1. The van der Waals surface area contributed by atoms with Gasteiger partial charge in [-0.15, -0.1) is 0 Å². The molecule has 1 aliphatic rings. The summed E-state index contributed by atoms with van der Waals surface area (Å²) in [6, 6.07) is 12.3. The topological polar surface area (TPSA) is 103 Å². The number of nitrogen functional groups attached to an aromatic ring is 1. The number of aliphatic hydroxyl groups excluding tert-OH is 1. The number of carbonyl (C=O) groups excluding carboxylic acids is 1. The molecule has 4 N–H and O–H groups in total. The Hall–Kier alpha value is -2.93. The Morgan fingerprint density at radius 1 is 1.20 bits per heavy atom. The van der Waals surface area contributed by atoms with Gasteiger partial charge in [0.15, 0.2) is 11.5 Å². The third-order valence-electron chi connectivity index (χ3n) is 3.67. The average molecular weight is 344 g/mol. The van der Waals surface area contributed by atoms with Gasteiger partial charge in [0.05, 0.1) is 6.42 Å². The summed E-state index contributed by atoms with van der Waals surface area (Å²) in [5.74, 6) is 1.68. The highest BCUT2D eigenvalue weighted by Crippen LogP contribution is 2.35. The van der Waals surface area contributed by atoms with Crippen LogP contribution in [0.5, 0.6) is 17.2 Å². The van der Waals surface area contributed by atoms with E-state index in [-0.39, 0.29) is 32.3 Å². The van der Waals surface area contributed by atoms with Crippen molar-refractivity contribution in [1.82, 2.24) is 5.32 Å². The maximum absolute atomic E-state index is 11.9. The normalized spacial score (nSPS) is 13.3. The zero-order valence-corrected chi connectivity index (χ0v) is 13.6. The number of carbonyl (C=O) groups is 1. The quantitative estimate of drug-likeness (QED) is 0.650. The van der Waals surface area contributed by atoms with Crippen molar-refractivity contribution < 1.29 is 24.1 Å². The first-order valence-corrected chi connectivity index (χ1v) is 7.92. The van der Waals surface area contributed by atoms with Gasteiger partial charge < -0.3 is 30.4 Å². The molecule has 132 valence electrons. The highest BCUT2D eigenvalue weighted by atomic mass is 16.7. The lowest BCUT2D eigenvalue weighted by Gasteiger charge is -2.13. The molecule has 0 spiro atoms. The molecule has 7 heteroatoms. The SMILES string of the molecule is Nc1ccc(CC(=O)NCC(O)COc2ccc3c(c2)OCO3)cc1. The smallest absolute Gasteiger partial charge is 0.231 e. The van der Waals surface area contributed by atoms with Crippen molar-refractivity contribution in [3.63, 3.8) is 0 Å². The van der Waals surface area contributed by atoms with E-state index >= 15 is 0 Å². The van der Waals surface area contributed by atoms with Crippen molar-refractivity contribution in [3.05, 3.63) is 48.0 Å². The van der Waals surface area contributed by atoms with Crippen molar-refractivity contribution in [2.24, 2.45) is 0 Å². The number of nitrogens with two attached hydrogens (primary N) is 1. The van der Waals surface area contributed by atoms with E-state index in [1.54, 1.807) is 42.5 Å². The lowest BCUT2D eigenvalue weighted by Crippen LogP contribution is -2.36. The van der Waals surface area contributed by atoms with Crippen molar-refractivity contribution in [2.45, 2.75) is 12.5 Å². The number of fused-ring (bicyclic) bond motifs is 1. The molecule has 1 unspecified atom stereocenters. The van der Waals surface area contributed by atoms with Gasteiger partial charge >= 0.3 is 0 Å². The molecule has 2 aromatic rings. The molecular weight excluding hydrogens is 324 g/mol. The molecule has 7 nitrogen and oxygen atoms in total. The van der Waals surface area contributed by atoms with E-state index in [1.807, 2.05) is 0 Å². The van der Waals surface area contributed by atoms with Crippen LogP contribution in [0, 0.1) is 0 Å². The van der Waals surface area contributed by atoms with Crippen LogP contribution in [0.4, 0.5) is 5.69 Å². The number of hydrogen-bond acceptors (Lipinski definition) is 6. The molecule has 0 bridgehead atoms. The summed E-state index contributed by atoms with van der Waals surface area (Å²) in [6.07, 6.45) is -0.587. The van der Waals surface area contributed by atoms with Crippen LogP contribution >= 0.6 is 0 Å². The molecule has 0 aromatic heterocycles. The molecule has 1 amide bonds. The molecular formula is C18H20N2O5. The van der Waals surface area contributed by atoms with Gasteiger partial charge in [-0.3, -0.25) is 4.79 Å². The van der Waals surface area contributed by atoms with Gasteiger partial charge in [-0.1, -0.05) is 12.1 Å². The van der Waals surface area contributed by atoms with Crippen LogP contribution in [0.2, 0.25) is 0 Å². The molecule has 0 aliphatic carbocycles. The van der Waals surface area contributed by atoms with Crippen molar-refractivity contribution in [3.8, 4) is 17.2 Å². The van der Waals surface area contributed by atoms with Gasteiger partial charge in [-0.05, 0) is 29.8 Å². The number of hydrogen-bond donors (Lipinski definition) is 3. The standard InChI is InChI=1S/C18H20N2O5/c19-13-3-1-12(2-4-13)7-18(22)20-9-14(21)10-23-15-5-6-16-17(8-15)25-11-24-16/h1-6,8,14,21H,7,9-11,19H2,(H,20,22). The van der Waals surface area contributed by atoms with Gasteiger partial charge in [0.25, 0.3) is 0 Å². The maximum atomic E-state index is 11.9. The Labute approximate surface area is 145 Å². The predicted molar refractivity (Wildman–Crippen MR) is 91.6 cm³/mol. The van der Waals surface area contributed by atoms with E-state index in [2.05, 4.69) is 5.32 Å². The minimum absolute atomic E-state index is 0.0573. The van der Waals surface area contributed by atoms with Gasteiger partial charge in [-0.2, -0.15) is 0 Å². The molecule has 0 fully saturated rings. The summed E-state index contributed by atoms with van der Waals surface area (Å²) in [4.78, 5) is 11.9. The molecule has 1 heterocycles. The summed E-state index contributed by atoms with van der Waals surface area (Å²) in [6.45, 7) is 0.363. The lowest BCUT2D eigenvalue weighted by atomic mass is 10.1. The molecule has 0 saturated carbocycles. The number of rotatable bonds is 7. The third-order valence-corrected chi connectivity index (χ3v) is 3.67. The summed E-state index contributed by atoms with van der Waals surface area (Å²) in [5.41, 5.74) is 7.12. The molecule has 3 rings (SSSR count). The molecule has 1 atom stereocenters. The second-order valence-corrected chi connectivity index (χ2v) is 5.70. The molecule has 0 saturated heterocycles. The van der Waals surface area contributed by atoms with E-state index in [0.717, 1.165) is 5.56 Å². The van der Waals surface area contributed by atoms with Crippen LogP contribution in [-0.2, 0) is 11.2 Å². The minimum Gasteiger partial charge on any atom is -0.491 e. The largest absolute Gasteiger partial charge is 0.491 e. The fourth-order valence-electron chi connectivity index (χ4n) is 2.33. The van der Waals surface area contributed by atoms with Crippen molar-refractivity contribution in [2.75, 3.05) is 25.7 Å². The second-order valence-electron chi connectivity index (χ2n) is 5.70. The summed E-state index contributed by atoms with van der Waals surface area (Å²) < 4.78 is 16.0. The molecule has 25 heavy (non-hydrogen) atoms. The molecule has 1 aliphatic heterocycles. The fourth-order valence-corrected chi connectivity index (χ4v) is 2.33. The highest BCUT2D eigenvalue weighted by molar-refractivity contribution is 5.78. The maximum Gasteiger partial charge on any atom is 0.231 e. The Morgan fingerprint density at radius 2 is 1.96 bits per heavy atom. The van der Waals surface area contributed by atoms with E-state index in [0.29, 0.717) is 22.9 Å². The van der Waals surface area contributed by atoms with Crippen LogP contribution in [0.15, 0.2) is 42.5 Å². The summed E-state index contributed by atoms with van der Waals surface area (Å²) >= 11 is 0. The fraction of sp³-hybridized carbons (Fsp3) is 0.278. The van der Waals surface area contributed by atoms with Gasteiger partial charge in [0.2, 0.25) is 12.7 Å². The monoisotopic (exact) mass is 344 g/mol. The third kappa shape index (κ3) is 4.77. The van der Waals surface area contributed by atoms with Gasteiger partial charge in [0.1, 0.15) is 18.5 Å². The first-order chi connectivity index (χ1) is 12.1. The summed E-state index contributed by atoms with van der Waals surface area (Å²) in [7, 11) is 0. The van der Waals surface area contributed by atoms with Gasteiger partial charge in [-0.25, -0.2) is 0 Å². The first-order valence-electron chi connectivity index (χ1n) is 7.92. The number of anilines is 1. The number of aliphatic hydroxyl groups is 1. The summed E-state index contributed by atoms with van der Waals surface area (Å²) in [5, 5.41) is 12.6. The van der Waals surface area contributed by atoms with Crippen LogP contribution in [-0.4, -0.2) is 37.1 Å². The van der Waals surface area contributed by atoms with E-state index in [1.165, 1.54) is 0 Å². The number of benzene rings is 2. The molecule has 0 radical (unpaired) electrons. The number of nitrogens with one attached hydrogen (secondary N) is 1. The van der Waals surface area contributed by atoms with Crippen LogP contribution in [0.1, 0.15) is 5.56 Å². The van der Waals surface area contributed by atoms with Crippen LogP contribution in [0.3, 0.4) is 0 Å². The Kier molecular flexibility index (Phi) is 5.25. The Morgan fingerprint density at radius 3 is 2.76 bits per heavy atom. The second kappa shape index (κ2) is 7.76. The predicted octanol–water partition coefficient (Wildman–Crippen LogP) is 1.10. The van der Waals surface area contributed by atoms with Gasteiger partial charge in [0, 0.05) is 18.3 Å². The van der Waals surface area contributed by atoms with Crippen LogP contribution in [0.25, 0.3) is 0 Å². The Balaban J connectivity index is 1.39. The van der Waals surface area contributed by atoms with E-state index in [4.69, 9.17) is 19.9 Å². The average Bonchev–Trinajstić information content (AvgIpc) is 3.08. The Bertz CT molecular complexity index is 733. The zero-order chi connectivity index (χ0) is 17.6. The zero-order valence-electron chi connectivity index (χ0n) is 13.6. The number of ether oxygens (including phenoxy) is 3. The van der Waals surface area contributed by atoms with Crippen LogP contribution < -0.4 is 25.3 Å². The lowest BCUT2D eigenvalue weighted by molar-refractivity contribution is -0.121. The van der Waals surface area contributed by atoms with E-state index < -0.39 is 6.10 Å². The van der Waals surface area contributed by atoms with E-state index in [9.17, 15) is 9.90 Å². The molecule has 2 aromatic carbocycles. The first kappa shape index (κ1) is 16.9. The van der Waals surface area contributed by atoms with Crippen molar-refractivity contribution >= 4 is 11.6 Å². The minimum atomic E-state index is -0.819.